The number of ether oxygens (including phenoxy) is 1. The lowest BCUT2D eigenvalue weighted by Gasteiger charge is -2.04. The van der Waals surface area contributed by atoms with Gasteiger partial charge >= 0.3 is 5.97 Å². The maximum atomic E-state index is 11.5. The van der Waals surface area contributed by atoms with E-state index >= 15 is 0 Å². The first kappa shape index (κ1) is 14.5. The molecule has 2 heterocycles. The minimum Gasteiger partial charge on any atom is -0.462 e. The standard InChI is InChI=1S/C15H16N2O2S/c1-4-19-15(18)12-5-6-13(16-9-12)20-14-8-10(2)7-11(3)17-14/h5-9H,4H2,1-3H3. The average Bonchev–Trinajstić information content (AvgIpc) is 2.38. The van der Waals surface area contributed by atoms with E-state index in [-0.39, 0.29) is 5.97 Å². The first-order chi connectivity index (χ1) is 9.58. The van der Waals surface area contributed by atoms with E-state index in [1.54, 1.807) is 19.1 Å². The Labute approximate surface area is 122 Å². The number of hydrogen-bond donors (Lipinski definition) is 0. The molecule has 2 rings (SSSR count). The van der Waals surface area contributed by atoms with Crippen molar-refractivity contribution in [2.45, 2.75) is 30.8 Å². The van der Waals surface area contributed by atoms with Gasteiger partial charge in [0.25, 0.3) is 0 Å². The molecule has 0 saturated heterocycles. The molecule has 0 N–H and O–H groups in total. The van der Waals surface area contributed by atoms with Gasteiger partial charge in [-0.15, -0.1) is 0 Å². The van der Waals surface area contributed by atoms with Crippen LogP contribution in [0.3, 0.4) is 0 Å². The van der Waals surface area contributed by atoms with Crippen LogP contribution >= 0.6 is 11.8 Å². The van der Waals surface area contributed by atoms with Crippen molar-refractivity contribution in [2.75, 3.05) is 6.61 Å². The van der Waals surface area contributed by atoms with Crippen LogP contribution in [0.4, 0.5) is 0 Å². The highest BCUT2D eigenvalue weighted by Gasteiger charge is 2.08. The normalized spacial score (nSPS) is 10.3. The fourth-order valence-corrected chi connectivity index (χ4v) is 2.63. The van der Waals surface area contributed by atoms with Crippen molar-refractivity contribution < 1.29 is 9.53 Å². The summed E-state index contributed by atoms with van der Waals surface area (Å²) in [6, 6.07) is 7.56. The van der Waals surface area contributed by atoms with Crippen molar-refractivity contribution >= 4 is 17.7 Å². The number of rotatable bonds is 4. The second-order valence-electron chi connectivity index (χ2n) is 4.33. The molecule has 0 unspecified atom stereocenters. The Morgan fingerprint density at radius 1 is 1.25 bits per heavy atom. The Morgan fingerprint density at radius 2 is 2.05 bits per heavy atom. The summed E-state index contributed by atoms with van der Waals surface area (Å²) in [5.41, 5.74) is 2.61. The minimum atomic E-state index is -0.346. The number of esters is 1. The van der Waals surface area contributed by atoms with Gasteiger partial charge in [-0.25, -0.2) is 14.8 Å². The lowest BCUT2D eigenvalue weighted by atomic mass is 10.3. The molecule has 0 aliphatic carbocycles. The predicted octanol–water partition coefficient (Wildman–Crippen LogP) is 3.42. The fourth-order valence-electron chi connectivity index (χ4n) is 1.74. The van der Waals surface area contributed by atoms with Crippen molar-refractivity contribution in [3.63, 3.8) is 0 Å². The number of aromatic nitrogens is 2. The summed E-state index contributed by atoms with van der Waals surface area (Å²) in [4.78, 5) is 20.2. The molecule has 0 aromatic carbocycles. The third kappa shape index (κ3) is 3.81. The molecule has 0 amide bonds. The van der Waals surface area contributed by atoms with Crippen LogP contribution in [-0.4, -0.2) is 22.5 Å². The van der Waals surface area contributed by atoms with Crippen molar-refractivity contribution in [3.8, 4) is 0 Å². The Hall–Kier alpha value is -1.88. The summed E-state index contributed by atoms with van der Waals surface area (Å²) < 4.78 is 4.92. The van der Waals surface area contributed by atoms with E-state index in [2.05, 4.69) is 9.97 Å². The first-order valence-electron chi connectivity index (χ1n) is 6.35. The number of carbonyl (C=O) groups excluding carboxylic acids is 1. The molecule has 0 aliphatic heterocycles. The summed E-state index contributed by atoms with van der Waals surface area (Å²) in [7, 11) is 0. The summed E-state index contributed by atoms with van der Waals surface area (Å²) in [6.07, 6.45) is 1.53. The fraction of sp³-hybridized carbons (Fsp3) is 0.267. The van der Waals surface area contributed by atoms with Crippen LogP contribution in [0.5, 0.6) is 0 Å². The molecule has 0 spiro atoms. The quantitative estimate of drug-likeness (QED) is 0.807. The van der Waals surface area contributed by atoms with Crippen molar-refractivity contribution in [1.82, 2.24) is 9.97 Å². The molecule has 5 heteroatoms. The van der Waals surface area contributed by atoms with Crippen molar-refractivity contribution in [2.24, 2.45) is 0 Å². The number of aryl methyl sites for hydroxylation is 2. The molecule has 0 bridgehead atoms. The third-order valence-corrected chi connectivity index (χ3v) is 3.40. The highest BCUT2D eigenvalue weighted by atomic mass is 32.2. The molecule has 20 heavy (non-hydrogen) atoms. The van der Waals surface area contributed by atoms with Gasteiger partial charge in [-0.05, 0) is 50.6 Å². The van der Waals surface area contributed by atoms with Crippen molar-refractivity contribution in [3.05, 3.63) is 47.3 Å². The van der Waals surface area contributed by atoms with Crippen LogP contribution in [0, 0.1) is 13.8 Å². The van der Waals surface area contributed by atoms with Crippen LogP contribution < -0.4 is 0 Å². The number of nitrogens with zero attached hydrogens (tertiary/aromatic N) is 2. The van der Waals surface area contributed by atoms with Crippen LogP contribution in [0.2, 0.25) is 0 Å². The van der Waals surface area contributed by atoms with E-state index < -0.39 is 0 Å². The van der Waals surface area contributed by atoms with Crippen LogP contribution in [-0.2, 0) is 4.74 Å². The SMILES string of the molecule is CCOC(=O)c1ccc(Sc2cc(C)cc(C)n2)nc1. The van der Waals surface area contributed by atoms with E-state index in [0.717, 1.165) is 15.7 Å². The van der Waals surface area contributed by atoms with Gasteiger partial charge in [0.1, 0.15) is 10.1 Å². The van der Waals surface area contributed by atoms with E-state index in [1.807, 2.05) is 26.0 Å². The molecular weight excluding hydrogens is 272 g/mol. The van der Waals surface area contributed by atoms with Gasteiger partial charge in [-0.3, -0.25) is 0 Å². The van der Waals surface area contributed by atoms with Gasteiger partial charge < -0.3 is 4.74 Å². The van der Waals surface area contributed by atoms with Gasteiger partial charge in [-0.1, -0.05) is 11.8 Å². The molecule has 0 saturated carbocycles. The second-order valence-corrected chi connectivity index (χ2v) is 5.37. The largest absolute Gasteiger partial charge is 0.462 e. The third-order valence-electron chi connectivity index (χ3n) is 2.53. The highest BCUT2D eigenvalue weighted by Crippen LogP contribution is 2.25. The molecule has 2 aromatic heterocycles. The van der Waals surface area contributed by atoms with Crippen LogP contribution in [0.25, 0.3) is 0 Å². The van der Waals surface area contributed by atoms with Gasteiger partial charge in [-0.2, -0.15) is 0 Å². The highest BCUT2D eigenvalue weighted by molar-refractivity contribution is 7.99. The summed E-state index contributed by atoms with van der Waals surface area (Å²) in [5.74, 6) is -0.346. The van der Waals surface area contributed by atoms with E-state index in [9.17, 15) is 4.79 Å². The van der Waals surface area contributed by atoms with Crippen LogP contribution in [0.15, 0.2) is 40.5 Å². The van der Waals surface area contributed by atoms with E-state index in [1.165, 1.54) is 23.5 Å². The van der Waals surface area contributed by atoms with E-state index in [4.69, 9.17) is 4.74 Å². The van der Waals surface area contributed by atoms with Gasteiger partial charge in [0.2, 0.25) is 0 Å². The Balaban J connectivity index is 2.12. The molecule has 104 valence electrons. The molecule has 0 radical (unpaired) electrons. The molecule has 4 nitrogen and oxygen atoms in total. The average molecular weight is 288 g/mol. The van der Waals surface area contributed by atoms with Gasteiger partial charge in [0.05, 0.1) is 12.2 Å². The summed E-state index contributed by atoms with van der Waals surface area (Å²) in [6.45, 7) is 6.15. The van der Waals surface area contributed by atoms with Crippen LogP contribution in [0.1, 0.15) is 28.5 Å². The zero-order valence-electron chi connectivity index (χ0n) is 11.7. The lowest BCUT2D eigenvalue weighted by Crippen LogP contribution is -2.04. The maximum absolute atomic E-state index is 11.5. The van der Waals surface area contributed by atoms with Gasteiger partial charge in [0.15, 0.2) is 0 Å². The smallest absolute Gasteiger partial charge is 0.339 e. The zero-order chi connectivity index (χ0) is 14.5. The molecule has 0 fully saturated rings. The Morgan fingerprint density at radius 3 is 2.65 bits per heavy atom. The number of hydrogen-bond acceptors (Lipinski definition) is 5. The molecule has 0 atom stereocenters. The first-order valence-corrected chi connectivity index (χ1v) is 7.16. The zero-order valence-corrected chi connectivity index (χ0v) is 12.5. The summed E-state index contributed by atoms with van der Waals surface area (Å²) in [5, 5.41) is 1.70. The molecule has 2 aromatic rings. The Kier molecular flexibility index (Phi) is 4.74. The summed E-state index contributed by atoms with van der Waals surface area (Å²) >= 11 is 1.48. The number of carbonyl (C=O) groups is 1. The molecular formula is C15H16N2O2S. The number of pyridine rings is 2. The molecule has 0 aliphatic rings. The lowest BCUT2D eigenvalue weighted by molar-refractivity contribution is 0.0525. The Bertz CT molecular complexity index is 592. The maximum Gasteiger partial charge on any atom is 0.339 e. The minimum absolute atomic E-state index is 0.346. The second kappa shape index (κ2) is 6.52. The van der Waals surface area contributed by atoms with Crippen molar-refractivity contribution in [1.29, 1.82) is 0 Å². The predicted molar refractivity (Wildman–Crippen MR) is 78.0 cm³/mol. The monoisotopic (exact) mass is 288 g/mol. The van der Waals surface area contributed by atoms with E-state index in [0.29, 0.717) is 12.2 Å². The van der Waals surface area contributed by atoms with Gasteiger partial charge in [0, 0.05) is 11.9 Å². The topological polar surface area (TPSA) is 52.1 Å².